The molecule has 1 aliphatic carbocycles. The van der Waals surface area contributed by atoms with Crippen molar-refractivity contribution in [3.05, 3.63) is 87.5 Å². The molecule has 1 aliphatic heterocycles. The quantitative estimate of drug-likeness (QED) is 0.695. The zero-order valence-electron chi connectivity index (χ0n) is 17.0. The van der Waals surface area contributed by atoms with Crippen LogP contribution in [0.25, 0.3) is 0 Å². The van der Waals surface area contributed by atoms with Gasteiger partial charge in [-0.05, 0) is 30.2 Å². The molecule has 2 aliphatic rings. The van der Waals surface area contributed by atoms with Crippen molar-refractivity contribution in [2.24, 2.45) is 5.73 Å². The number of rotatable bonds is 5. The van der Waals surface area contributed by atoms with Crippen molar-refractivity contribution in [2.45, 2.75) is 31.8 Å². The molecule has 0 saturated heterocycles. The van der Waals surface area contributed by atoms with Crippen molar-refractivity contribution in [3.8, 4) is 5.75 Å². The molecule has 0 amide bonds. The number of para-hydroxylation sites is 1. The van der Waals surface area contributed by atoms with Crippen LogP contribution in [0.5, 0.6) is 5.75 Å². The van der Waals surface area contributed by atoms with Gasteiger partial charge in [0.1, 0.15) is 23.7 Å². The van der Waals surface area contributed by atoms with Crippen LogP contribution in [0, 0.1) is 0 Å². The number of hydrogen-bond acceptors (Lipinski definition) is 6. The largest absolute Gasteiger partial charge is 0.489 e. The Morgan fingerprint density at radius 3 is 2.65 bits per heavy atom. The van der Waals surface area contributed by atoms with Crippen molar-refractivity contribution >= 4 is 23.4 Å². The van der Waals surface area contributed by atoms with E-state index in [2.05, 4.69) is 0 Å². The maximum absolute atomic E-state index is 12.9. The van der Waals surface area contributed by atoms with E-state index in [4.69, 9.17) is 31.5 Å². The third-order valence-electron chi connectivity index (χ3n) is 5.43. The number of benzene rings is 2. The fraction of sp³-hybridized carbons (Fsp3) is 0.250. The second-order valence-electron chi connectivity index (χ2n) is 7.37. The molecule has 1 atom stereocenters. The number of esters is 1. The normalized spacial score (nSPS) is 18.4. The standard InChI is InChI=1S/C24H22ClNO5/c1-29-24(28)22-20(21-17(27)6-4-8-19(21)31-23(22)26)16-5-2-3-7-18(16)30-13-14-9-11-15(25)12-10-14/h2-3,5,7,9-12,20H,4,6,8,13,26H2,1H3/t20-/m0/s1. The number of ether oxygens (including phenoxy) is 3. The van der Waals surface area contributed by atoms with Gasteiger partial charge in [0, 0.05) is 29.0 Å². The Bertz CT molecular complexity index is 1090. The number of Topliss-reactive ketones (excluding diaryl/α,β-unsaturated/α-hetero) is 1. The SMILES string of the molecule is COC(=O)C1=C(N)OC2=C(C(=O)CCC2)[C@@H]1c1ccccc1OCc1ccc(Cl)cc1. The van der Waals surface area contributed by atoms with Gasteiger partial charge in [0.05, 0.1) is 13.0 Å². The van der Waals surface area contributed by atoms with E-state index in [0.29, 0.717) is 53.5 Å². The molecule has 160 valence electrons. The predicted octanol–water partition coefficient (Wildman–Crippen LogP) is 4.38. The van der Waals surface area contributed by atoms with Crippen LogP contribution >= 0.6 is 11.6 Å². The summed E-state index contributed by atoms with van der Waals surface area (Å²) in [4.78, 5) is 25.5. The number of carbonyl (C=O) groups excluding carboxylic acids is 2. The summed E-state index contributed by atoms with van der Waals surface area (Å²) in [5, 5.41) is 0.643. The number of hydrogen-bond donors (Lipinski definition) is 1. The summed E-state index contributed by atoms with van der Waals surface area (Å²) in [5.41, 5.74) is 8.27. The Morgan fingerprint density at radius 2 is 1.90 bits per heavy atom. The van der Waals surface area contributed by atoms with Crippen molar-refractivity contribution in [3.63, 3.8) is 0 Å². The molecular weight excluding hydrogens is 418 g/mol. The van der Waals surface area contributed by atoms with E-state index in [1.807, 2.05) is 30.3 Å². The number of methoxy groups -OCH3 is 1. The van der Waals surface area contributed by atoms with E-state index in [1.54, 1.807) is 18.2 Å². The molecule has 0 aromatic heterocycles. The lowest BCUT2D eigenvalue weighted by molar-refractivity contribution is -0.136. The highest BCUT2D eigenvalue weighted by atomic mass is 35.5. The van der Waals surface area contributed by atoms with Crippen LogP contribution in [0.2, 0.25) is 5.02 Å². The number of carbonyl (C=O) groups is 2. The summed E-state index contributed by atoms with van der Waals surface area (Å²) in [6, 6.07) is 14.6. The number of halogens is 1. The highest BCUT2D eigenvalue weighted by molar-refractivity contribution is 6.30. The first-order valence-corrected chi connectivity index (χ1v) is 10.4. The minimum atomic E-state index is -0.717. The van der Waals surface area contributed by atoms with Gasteiger partial charge in [-0.25, -0.2) is 4.79 Å². The molecule has 0 saturated carbocycles. The highest BCUT2D eigenvalue weighted by Gasteiger charge is 2.42. The van der Waals surface area contributed by atoms with E-state index in [9.17, 15) is 9.59 Å². The maximum atomic E-state index is 12.9. The molecule has 0 fully saturated rings. The minimum Gasteiger partial charge on any atom is -0.489 e. The number of ketones is 1. The summed E-state index contributed by atoms with van der Waals surface area (Å²) in [6.45, 7) is 0.296. The molecule has 7 heteroatoms. The van der Waals surface area contributed by atoms with Crippen LogP contribution in [-0.4, -0.2) is 18.9 Å². The van der Waals surface area contributed by atoms with Crippen molar-refractivity contribution < 1.29 is 23.8 Å². The monoisotopic (exact) mass is 439 g/mol. The van der Waals surface area contributed by atoms with Crippen LogP contribution in [0.15, 0.2) is 71.3 Å². The van der Waals surface area contributed by atoms with Crippen molar-refractivity contribution in [1.82, 2.24) is 0 Å². The van der Waals surface area contributed by atoms with Gasteiger partial charge in [0.25, 0.3) is 0 Å². The summed E-state index contributed by atoms with van der Waals surface area (Å²) in [5.74, 6) is -0.404. The first kappa shape index (κ1) is 21.0. The summed E-state index contributed by atoms with van der Waals surface area (Å²) in [6.07, 6.45) is 1.65. The molecule has 0 radical (unpaired) electrons. The van der Waals surface area contributed by atoms with Crippen LogP contribution < -0.4 is 10.5 Å². The molecule has 0 spiro atoms. The lowest BCUT2D eigenvalue weighted by Gasteiger charge is -2.32. The predicted molar refractivity (Wildman–Crippen MR) is 115 cm³/mol. The fourth-order valence-corrected chi connectivity index (χ4v) is 4.09. The Morgan fingerprint density at radius 1 is 1.16 bits per heavy atom. The van der Waals surface area contributed by atoms with E-state index >= 15 is 0 Å². The van der Waals surface area contributed by atoms with Crippen LogP contribution in [0.4, 0.5) is 0 Å². The number of nitrogens with two attached hydrogens (primary N) is 1. The lowest BCUT2D eigenvalue weighted by atomic mass is 9.77. The van der Waals surface area contributed by atoms with Gasteiger partial charge < -0.3 is 19.9 Å². The number of allylic oxidation sites excluding steroid dienone is 2. The Kier molecular flexibility index (Phi) is 6.00. The van der Waals surface area contributed by atoms with Crippen LogP contribution in [-0.2, 0) is 25.7 Å². The lowest BCUT2D eigenvalue weighted by Crippen LogP contribution is -2.31. The van der Waals surface area contributed by atoms with Gasteiger partial charge in [0.2, 0.25) is 5.88 Å². The summed E-state index contributed by atoms with van der Waals surface area (Å²) in [7, 11) is 1.27. The first-order valence-electron chi connectivity index (χ1n) is 9.97. The van der Waals surface area contributed by atoms with Crippen LogP contribution in [0.3, 0.4) is 0 Å². The first-order chi connectivity index (χ1) is 15.0. The molecule has 0 unspecified atom stereocenters. The smallest absolute Gasteiger partial charge is 0.340 e. The molecule has 2 aromatic rings. The summed E-state index contributed by atoms with van der Waals surface area (Å²) >= 11 is 5.96. The average molecular weight is 440 g/mol. The Hall–Kier alpha value is -3.25. The molecule has 6 nitrogen and oxygen atoms in total. The van der Waals surface area contributed by atoms with E-state index in [1.165, 1.54) is 7.11 Å². The van der Waals surface area contributed by atoms with E-state index in [-0.39, 0.29) is 17.2 Å². The van der Waals surface area contributed by atoms with Crippen LogP contribution in [0.1, 0.15) is 36.3 Å². The van der Waals surface area contributed by atoms with Gasteiger partial charge >= 0.3 is 5.97 Å². The zero-order chi connectivity index (χ0) is 22.0. The van der Waals surface area contributed by atoms with Gasteiger partial charge in [-0.3, -0.25) is 4.79 Å². The van der Waals surface area contributed by atoms with Gasteiger partial charge in [0.15, 0.2) is 5.78 Å². The molecule has 31 heavy (non-hydrogen) atoms. The third-order valence-corrected chi connectivity index (χ3v) is 5.68. The second kappa shape index (κ2) is 8.86. The highest BCUT2D eigenvalue weighted by Crippen LogP contribution is 2.46. The molecule has 2 N–H and O–H groups in total. The van der Waals surface area contributed by atoms with Crippen molar-refractivity contribution in [1.29, 1.82) is 0 Å². The topological polar surface area (TPSA) is 87.9 Å². The van der Waals surface area contributed by atoms with Gasteiger partial charge in [-0.1, -0.05) is 41.9 Å². The van der Waals surface area contributed by atoms with Gasteiger partial charge in [-0.15, -0.1) is 0 Å². The zero-order valence-corrected chi connectivity index (χ0v) is 17.8. The molecule has 2 aromatic carbocycles. The average Bonchev–Trinajstić information content (AvgIpc) is 2.78. The van der Waals surface area contributed by atoms with E-state index < -0.39 is 11.9 Å². The molecular formula is C24H22ClNO5. The van der Waals surface area contributed by atoms with Gasteiger partial charge in [-0.2, -0.15) is 0 Å². The van der Waals surface area contributed by atoms with Crippen molar-refractivity contribution in [2.75, 3.05) is 7.11 Å². The summed E-state index contributed by atoms with van der Waals surface area (Å²) < 4.78 is 16.7. The molecule has 4 rings (SSSR count). The molecule has 1 heterocycles. The Labute approximate surface area is 185 Å². The fourth-order valence-electron chi connectivity index (χ4n) is 3.97. The minimum absolute atomic E-state index is 0.0437. The van der Waals surface area contributed by atoms with E-state index in [0.717, 1.165) is 5.56 Å². The molecule has 0 bridgehead atoms. The third kappa shape index (κ3) is 4.16. The Balaban J connectivity index is 1.76. The maximum Gasteiger partial charge on any atom is 0.340 e. The second-order valence-corrected chi connectivity index (χ2v) is 7.81.